The quantitative estimate of drug-likeness (QED) is 0.298. The van der Waals surface area contributed by atoms with Gasteiger partial charge in [-0.05, 0) is 36.5 Å². The Bertz CT molecular complexity index is 1540. The fraction of sp³-hybridized carbons (Fsp3) is 0.300. The summed E-state index contributed by atoms with van der Waals surface area (Å²) in [6.07, 6.45) is 0.550. The van der Waals surface area contributed by atoms with Gasteiger partial charge in [-0.25, -0.2) is 4.79 Å². The summed E-state index contributed by atoms with van der Waals surface area (Å²) in [5.74, 6) is -0.143. The number of amides is 1. The Hall–Kier alpha value is -3.91. The molecule has 3 heterocycles. The molecule has 1 amide bonds. The SMILES string of the molecule is CC(C)(C)C1[C@H](Nc2sc3c(ccc(=O)n3-c3ccccc3)c2C(=O)c2ccccc2)CCCN1C(=O)O. The molecule has 1 aliphatic rings. The Morgan fingerprint density at radius 3 is 2.26 bits per heavy atom. The highest BCUT2D eigenvalue weighted by Gasteiger charge is 2.42. The van der Waals surface area contributed by atoms with Gasteiger partial charge in [0, 0.05) is 29.6 Å². The van der Waals surface area contributed by atoms with E-state index in [2.05, 4.69) is 5.32 Å². The van der Waals surface area contributed by atoms with Crippen molar-refractivity contribution in [2.75, 3.05) is 11.9 Å². The van der Waals surface area contributed by atoms with Crippen LogP contribution in [0.5, 0.6) is 0 Å². The third-order valence-corrected chi connectivity index (χ3v) is 8.22. The summed E-state index contributed by atoms with van der Waals surface area (Å²) in [5.41, 5.74) is 1.26. The van der Waals surface area contributed by atoms with Crippen LogP contribution in [-0.2, 0) is 0 Å². The number of likely N-dealkylation sites (tertiary alicyclic amines) is 1. The number of carboxylic acid groups (broad SMARTS) is 1. The van der Waals surface area contributed by atoms with Gasteiger partial charge >= 0.3 is 6.09 Å². The van der Waals surface area contributed by atoms with Gasteiger partial charge in [-0.2, -0.15) is 0 Å². The van der Waals surface area contributed by atoms with Crippen molar-refractivity contribution in [1.82, 2.24) is 9.47 Å². The summed E-state index contributed by atoms with van der Waals surface area (Å²) in [4.78, 5) is 41.4. The predicted molar refractivity (Wildman–Crippen MR) is 152 cm³/mol. The number of para-hydroxylation sites is 1. The van der Waals surface area contributed by atoms with Crippen LogP contribution in [-0.4, -0.2) is 45.1 Å². The number of rotatable bonds is 5. The molecular weight excluding hydrogens is 498 g/mol. The van der Waals surface area contributed by atoms with Crippen molar-refractivity contribution >= 4 is 38.4 Å². The molecule has 8 heteroatoms. The van der Waals surface area contributed by atoms with Crippen molar-refractivity contribution in [3.63, 3.8) is 0 Å². The minimum atomic E-state index is -0.939. The van der Waals surface area contributed by atoms with E-state index in [1.165, 1.54) is 22.3 Å². The highest BCUT2D eigenvalue weighted by atomic mass is 32.1. The largest absolute Gasteiger partial charge is 0.465 e. The molecule has 1 unspecified atom stereocenters. The molecule has 0 saturated carbocycles. The van der Waals surface area contributed by atoms with E-state index < -0.39 is 6.09 Å². The molecule has 0 bridgehead atoms. The summed E-state index contributed by atoms with van der Waals surface area (Å²) in [6.45, 7) is 6.61. The molecule has 0 radical (unpaired) electrons. The summed E-state index contributed by atoms with van der Waals surface area (Å²) >= 11 is 1.36. The lowest BCUT2D eigenvalue weighted by atomic mass is 9.77. The van der Waals surface area contributed by atoms with E-state index in [1.807, 2.05) is 69.3 Å². The van der Waals surface area contributed by atoms with Gasteiger partial charge in [0.15, 0.2) is 5.78 Å². The number of pyridine rings is 1. The van der Waals surface area contributed by atoms with Crippen molar-refractivity contribution in [2.45, 2.75) is 45.7 Å². The lowest BCUT2D eigenvalue weighted by Gasteiger charge is -2.47. The Labute approximate surface area is 225 Å². The van der Waals surface area contributed by atoms with E-state index in [-0.39, 0.29) is 28.8 Å². The van der Waals surface area contributed by atoms with Crippen LogP contribution in [0.1, 0.15) is 49.5 Å². The lowest BCUT2D eigenvalue weighted by Crippen LogP contribution is -2.58. The number of nitrogens with zero attached hydrogens (tertiary/aromatic N) is 2. The number of hydrogen-bond donors (Lipinski definition) is 2. The number of fused-ring (bicyclic) bond motifs is 1. The van der Waals surface area contributed by atoms with Gasteiger partial charge in [-0.3, -0.25) is 14.2 Å². The zero-order chi connectivity index (χ0) is 27.0. The molecule has 1 aliphatic heterocycles. The summed E-state index contributed by atoms with van der Waals surface area (Å²) in [6, 6.07) is 21.2. The van der Waals surface area contributed by atoms with Gasteiger partial charge in [0.25, 0.3) is 5.56 Å². The third kappa shape index (κ3) is 4.72. The summed E-state index contributed by atoms with van der Waals surface area (Å²) < 4.78 is 1.64. The van der Waals surface area contributed by atoms with E-state index in [1.54, 1.807) is 22.8 Å². The normalized spacial score (nSPS) is 17.9. The average molecular weight is 530 g/mol. The first-order valence-electron chi connectivity index (χ1n) is 12.8. The lowest BCUT2D eigenvalue weighted by molar-refractivity contribution is 0.0519. The Morgan fingerprint density at radius 2 is 1.63 bits per heavy atom. The van der Waals surface area contributed by atoms with Crippen LogP contribution < -0.4 is 10.9 Å². The molecule has 5 rings (SSSR count). The Balaban J connectivity index is 1.70. The van der Waals surface area contributed by atoms with E-state index in [9.17, 15) is 19.5 Å². The van der Waals surface area contributed by atoms with Crippen LogP contribution in [0.4, 0.5) is 9.80 Å². The second kappa shape index (κ2) is 10.1. The van der Waals surface area contributed by atoms with Gasteiger partial charge in [-0.1, -0.05) is 80.6 Å². The monoisotopic (exact) mass is 529 g/mol. The Morgan fingerprint density at radius 1 is 0.974 bits per heavy atom. The second-order valence-corrected chi connectivity index (χ2v) is 11.7. The molecule has 2 aromatic carbocycles. The fourth-order valence-electron chi connectivity index (χ4n) is 5.57. The highest BCUT2D eigenvalue weighted by Crippen LogP contribution is 2.41. The molecule has 0 spiro atoms. The van der Waals surface area contributed by atoms with Crippen molar-refractivity contribution in [2.24, 2.45) is 5.41 Å². The van der Waals surface area contributed by atoms with Crippen LogP contribution in [0.15, 0.2) is 77.6 Å². The zero-order valence-electron chi connectivity index (χ0n) is 21.7. The molecule has 0 aliphatic carbocycles. The van der Waals surface area contributed by atoms with Crippen molar-refractivity contribution in [3.8, 4) is 5.69 Å². The van der Waals surface area contributed by atoms with Gasteiger partial charge < -0.3 is 15.3 Å². The van der Waals surface area contributed by atoms with E-state index in [4.69, 9.17) is 0 Å². The molecule has 4 aromatic rings. The standard InChI is InChI=1S/C30H31N3O4S/c1-30(2,3)26-22(15-10-18-32(26)29(36)37)31-27-24(25(35)19-11-6-4-7-12-19)21-16-17-23(34)33(28(21)38-27)20-13-8-5-9-14-20/h4-9,11-14,16-17,22,26,31H,10,15,18H2,1-3H3,(H,36,37)/t22-,26?/m1/s1. The van der Waals surface area contributed by atoms with Crippen molar-refractivity contribution in [1.29, 1.82) is 0 Å². The first-order chi connectivity index (χ1) is 18.2. The van der Waals surface area contributed by atoms with Gasteiger partial charge in [0.2, 0.25) is 0 Å². The Kier molecular flexibility index (Phi) is 6.84. The van der Waals surface area contributed by atoms with Gasteiger partial charge in [-0.15, -0.1) is 0 Å². The molecule has 2 N–H and O–H groups in total. The molecule has 1 saturated heterocycles. The van der Waals surface area contributed by atoms with Gasteiger partial charge in [0.1, 0.15) is 9.83 Å². The number of piperidine rings is 1. The first kappa shape index (κ1) is 25.7. The van der Waals surface area contributed by atoms with Crippen LogP contribution in [0.2, 0.25) is 0 Å². The van der Waals surface area contributed by atoms with Crippen LogP contribution in [0.3, 0.4) is 0 Å². The highest BCUT2D eigenvalue weighted by molar-refractivity contribution is 7.23. The maximum Gasteiger partial charge on any atom is 0.407 e. The summed E-state index contributed by atoms with van der Waals surface area (Å²) in [7, 11) is 0. The maximum atomic E-state index is 13.9. The minimum Gasteiger partial charge on any atom is -0.465 e. The average Bonchev–Trinajstić information content (AvgIpc) is 3.26. The topological polar surface area (TPSA) is 91.6 Å². The van der Waals surface area contributed by atoms with E-state index in [0.29, 0.717) is 32.9 Å². The molecule has 2 atom stereocenters. The number of benzene rings is 2. The molecule has 7 nitrogen and oxygen atoms in total. The number of ketones is 1. The van der Waals surface area contributed by atoms with Crippen LogP contribution in [0.25, 0.3) is 15.9 Å². The first-order valence-corrected chi connectivity index (χ1v) is 13.6. The number of aromatic nitrogens is 1. The number of anilines is 1. The maximum absolute atomic E-state index is 13.9. The minimum absolute atomic E-state index is 0.143. The van der Waals surface area contributed by atoms with Crippen molar-refractivity contribution in [3.05, 3.63) is 94.3 Å². The predicted octanol–water partition coefficient (Wildman–Crippen LogP) is 6.25. The molecule has 2 aromatic heterocycles. The number of nitrogens with one attached hydrogen (secondary N) is 1. The zero-order valence-corrected chi connectivity index (χ0v) is 22.5. The van der Waals surface area contributed by atoms with Crippen LogP contribution >= 0.6 is 11.3 Å². The number of hydrogen-bond acceptors (Lipinski definition) is 5. The third-order valence-electron chi connectivity index (χ3n) is 7.10. The molecular formula is C30H31N3O4S. The summed E-state index contributed by atoms with van der Waals surface area (Å²) in [5, 5.41) is 14.9. The second-order valence-electron chi connectivity index (χ2n) is 10.7. The van der Waals surface area contributed by atoms with Gasteiger partial charge in [0.05, 0.1) is 17.3 Å². The van der Waals surface area contributed by atoms with Crippen LogP contribution in [0, 0.1) is 5.41 Å². The van der Waals surface area contributed by atoms with E-state index >= 15 is 0 Å². The molecule has 196 valence electrons. The van der Waals surface area contributed by atoms with E-state index in [0.717, 1.165) is 18.5 Å². The smallest absolute Gasteiger partial charge is 0.407 e. The number of carbonyl (C=O) groups excluding carboxylic acids is 1. The fourth-order valence-corrected chi connectivity index (χ4v) is 6.84. The van der Waals surface area contributed by atoms with Crippen molar-refractivity contribution < 1.29 is 14.7 Å². The number of thiophene rings is 1. The molecule has 1 fully saturated rings. The molecule has 38 heavy (non-hydrogen) atoms. The number of carbonyl (C=O) groups is 2.